The molecule has 0 bridgehead atoms. The predicted octanol–water partition coefficient (Wildman–Crippen LogP) is 2.64. The molecule has 0 spiro atoms. The van der Waals surface area contributed by atoms with Crippen LogP contribution < -0.4 is 5.32 Å². The average Bonchev–Trinajstić information content (AvgIpc) is 2.37. The maximum atomic E-state index is 13.4. The monoisotopic (exact) mass is 246 g/mol. The number of nitrogens with one attached hydrogen (secondary N) is 1. The first-order valence-corrected chi connectivity index (χ1v) is 6.37. The van der Waals surface area contributed by atoms with E-state index in [4.69, 9.17) is 6.42 Å². The van der Waals surface area contributed by atoms with Gasteiger partial charge in [-0.25, -0.2) is 4.39 Å². The largest absolute Gasteiger partial charge is 0.382 e. The predicted molar refractivity (Wildman–Crippen MR) is 73.1 cm³/mol. The van der Waals surface area contributed by atoms with Crippen molar-refractivity contribution < 1.29 is 4.39 Å². The highest BCUT2D eigenvalue weighted by Gasteiger charge is 2.18. The summed E-state index contributed by atoms with van der Waals surface area (Å²) in [6, 6.07) is 5.74. The van der Waals surface area contributed by atoms with E-state index in [1.54, 1.807) is 13.0 Å². The zero-order valence-corrected chi connectivity index (χ0v) is 10.7. The number of piperidine rings is 1. The quantitative estimate of drug-likeness (QED) is 0.825. The van der Waals surface area contributed by atoms with Crippen LogP contribution in [-0.2, 0) is 0 Å². The Morgan fingerprint density at radius 2 is 2.17 bits per heavy atom. The van der Waals surface area contributed by atoms with Gasteiger partial charge in [0.25, 0.3) is 0 Å². The summed E-state index contributed by atoms with van der Waals surface area (Å²) >= 11 is 0. The topological polar surface area (TPSA) is 15.3 Å². The van der Waals surface area contributed by atoms with Gasteiger partial charge >= 0.3 is 0 Å². The molecule has 1 aliphatic heterocycles. The van der Waals surface area contributed by atoms with Crippen LogP contribution in [0, 0.1) is 25.1 Å². The minimum Gasteiger partial charge on any atom is -0.382 e. The number of aryl methyl sites for hydroxylation is 1. The van der Waals surface area contributed by atoms with Gasteiger partial charge in [-0.05, 0) is 37.5 Å². The van der Waals surface area contributed by atoms with Gasteiger partial charge < -0.3 is 5.32 Å². The third kappa shape index (κ3) is 3.24. The van der Waals surface area contributed by atoms with Crippen LogP contribution in [0.25, 0.3) is 0 Å². The number of benzene rings is 1. The Morgan fingerprint density at radius 3 is 2.78 bits per heavy atom. The average molecular weight is 246 g/mol. The molecule has 0 atom stereocenters. The Balaban J connectivity index is 1.88. The maximum absolute atomic E-state index is 13.4. The van der Waals surface area contributed by atoms with Crippen molar-refractivity contribution in [1.29, 1.82) is 0 Å². The molecule has 2 rings (SSSR count). The Kier molecular flexibility index (Phi) is 4.22. The second-order valence-corrected chi connectivity index (χ2v) is 4.86. The number of hydrogen-bond donors (Lipinski definition) is 1. The number of terminal acetylenes is 1. The van der Waals surface area contributed by atoms with Crippen molar-refractivity contribution >= 4 is 5.69 Å². The lowest BCUT2D eigenvalue weighted by molar-refractivity contribution is 0.243. The van der Waals surface area contributed by atoms with E-state index in [1.807, 2.05) is 12.1 Å². The molecular weight excluding hydrogens is 227 g/mol. The van der Waals surface area contributed by atoms with Crippen molar-refractivity contribution in [1.82, 2.24) is 4.90 Å². The molecule has 96 valence electrons. The molecule has 1 aromatic carbocycles. The highest BCUT2D eigenvalue weighted by Crippen LogP contribution is 2.18. The van der Waals surface area contributed by atoms with Crippen molar-refractivity contribution in [3.8, 4) is 12.3 Å². The molecule has 0 aromatic heterocycles. The van der Waals surface area contributed by atoms with Crippen LogP contribution >= 0.6 is 0 Å². The first-order chi connectivity index (χ1) is 8.69. The van der Waals surface area contributed by atoms with E-state index in [0.717, 1.165) is 38.2 Å². The highest BCUT2D eigenvalue weighted by atomic mass is 19.1. The minimum atomic E-state index is -0.148. The highest BCUT2D eigenvalue weighted by molar-refractivity contribution is 5.46. The maximum Gasteiger partial charge on any atom is 0.128 e. The van der Waals surface area contributed by atoms with E-state index < -0.39 is 0 Å². The fourth-order valence-electron chi connectivity index (χ4n) is 2.28. The molecule has 1 aromatic rings. The Labute approximate surface area is 108 Å². The molecule has 0 unspecified atom stereocenters. The van der Waals surface area contributed by atoms with E-state index in [-0.39, 0.29) is 5.82 Å². The summed E-state index contributed by atoms with van der Waals surface area (Å²) in [5.74, 6) is 2.52. The molecule has 1 saturated heterocycles. The van der Waals surface area contributed by atoms with Crippen molar-refractivity contribution in [3.05, 3.63) is 29.6 Å². The van der Waals surface area contributed by atoms with Gasteiger partial charge in [-0.3, -0.25) is 4.90 Å². The summed E-state index contributed by atoms with van der Waals surface area (Å²) in [6.07, 6.45) is 7.40. The Morgan fingerprint density at radius 1 is 1.44 bits per heavy atom. The van der Waals surface area contributed by atoms with Gasteiger partial charge in [0.15, 0.2) is 0 Å². The standard InChI is InChI=1S/C15H19FN2/c1-3-8-18-9-6-13(7-10-18)17-14-5-4-12(2)15(16)11-14/h1,4-5,11,13,17H,6-10H2,2H3. The van der Waals surface area contributed by atoms with Crippen LogP contribution in [0.4, 0.5) is 10.1 Å². The van der Waals surface area contributed by atoms with Crippen LogP contribution in [-0.4, -0.2) is 30.6 Å². The van der Waals surface area contributed by atoms with Crippen molar-refractivity contribution in [2.75, 3.05) is 25.0 Å². The van der Waals surface area contributed by atoms with Gasteiger partial charge in [-0.15, -0.1) is 6.42 Å². The first kappa shape index (κ1) is 12.9. The number of halogens is 1. The fourth-order valence-corrected chi connectivity index (χ4v) is 2.28. The number of anilines is 1. The first-order valence-electron chi connectivity index (χ1n) is 6.37. The van der Waals surface area contributed by atoms with Gasteiger partial charge in [0.2, 0.25) is 0 Å². The molecule has 2 nitrogen and oxygen atoms in total. The van der Waals surface area contributed by atoms with E-state index in [2.05, 4.69) is 16.1 Å². The smallest absolute Gasteiger partial charge is 0.128 e. The SMILES string of the molecule is C#CCN1CCC(Nc2ccc(C)c(F)c2)CC1. The lowest BCUT2D eigenvalue weighted by Crippen LogP contribution is -2.39. The van der Waals surface area contributed by atoms with E-state index >= 15 is 0 Å². The molecule has 0 amide bonds. The van der Waals surface area contributed by atoms with Gasteiger partial charge in [-0.1, -0.05) is 12.0 Å². The van der Waals surface area contributed by atoms with Gasteiger partial charge in [-0.2, -0.15) is 0 Å². The molecule has 18 heavy (non-hydrogen) atoms. The molecule has 1 fully saturated rings. The van der Waals surface area contributed by atoms with Crippen molar-refractivity contribution in [3.63, 3.8) is 0 Å². The third-order valence-corrected chi connectivity index (χ3v) is 3.45. The second-order valence-electron chi connectivity index (χ2n) is 4.86. The Hall–Kier alpha value is -1.53. The third-order valence-electron chi connectivity index (χ3n) is 3.45. The van der Waals surface area contributed by atoms with Gasteiger partial charge in [0.1, 0.15) is 5.82 Å². The molecule has 1 aliphatic rings. The molecular formula is C15H19FN2. The lowest BCUT2D eigenvalue weighted by atomic mass is 10.0. The summed E-state index contributed by atoms with van der Waals surface area (Å²) in [6.45, 7) is 4.52. The number of hydrogen-bond acceptors (Lipinski definition) is 2. The summed E-state index contributed by atoms with van der Waals surface area (Å²) in [5.41, 5.74) is 1.55. The normalized spacial score (nSPS) is 17.4. The van der Waals surface area contributed by atoms with Crippen LogP contribution in [0.1, 0.15) is 18.4 Å². The molecule has 0 aliphatic carbocycles. The molecule has 1 N–H and O–H groups in total. The molecule has 0 saturated carbocycles. The summed E-state index contributed by atoms with van der Waals surface area (Å²) in [5, 5.41) is 3.39. The van der Waals surface area contributed by atoms with E-state index in [9.17, 15) is 4.39 Å². The van der Waals surface area contributed by atoms with Crippen LogP contribution in [0.3, 0.4) is 0 Å². The van der Waals surface area contributed by atoms with Crippen LogP contribution in [0.2, 0.25) is 0 Å². The van der Waals surface area contributed by atoms with Gasteiger partial charge in [0.05, 0.1) is 6.54 Å². The zero-order chi connectivity index (χ0) is 13.0. The summed E-state index contributed by atoms with van der Waals surface area (Å²) < 4.78 is 13.4. The summed E-state index contributed by atoms with van der Waals surface area (Å²) in [7, 11) is 0. The van der Waals surface area contributed by atoms with Crippen LogP contribution in [0.15, 0.2) is 18.2 Å². The minimum absolute atomic E-state index is 0.148. The van der Waals surface area contributed by atoms with Gasteiger partial charge in [0, 0.05) is 24.8 Å². The van der Waals surface area contributed by atoms with Crippen molar-refractivity contribution in [2.45, 2.75) is 25.8 Å². The number of rotatable bonds is 3. The summed E-state index contributed by atoms with van der Waals surface area (Å²) in [4.78, 5) is 2.27. The van der Waals surface area contributed by atoms with E-state index in [0.29, 0.717) is 11.6 Å². The molecule has 3 heteroatoms. The second kappa shape index (κ2) is 5.88. The fraction of sp³-hybridized carbons (Fsp3) is 0.467. The molecule has 0 radical (unpaired) electrons. The zero-order valence-electron chi connectivity index (χ0n) is 10.7. The van der Waals surface area contributed by atoms with Crippen molar-refractivity contribution in [2.24, 2.45) is 0 Å². The van der Waals surface area contributed by atoms with E-state index in [1.165, 1.54) is 0 Å². The number of likely N-dealkylation sites (tertiary alicyclic amines) is 1. The molecule has 1 heterocycles. The van der Waals surface area contributed by atoms with Crippen LogP contribution in [0.5, 0.6) is 0 Å². The lowest BCUT2D eigenvalue weighted by Gasteiger charge is -2.31. The number of nitrogens with zero attached hydrogens (tertiary/aromatic N) is 1. The Bertz CT molecular complexity index is 442.